The van der Waals surface area contributed by atoms with E-state index in [1.807, 2.05) is 36.4 Å². The van der Waals surface area contributed by atoms with Gasteiger partial charge in [0.1, 0.15) is 0 Å². The molecule has 29 heavy (non-hydrogen) atoms. The first kappa shape index (κ1) is 20.6. The van der Waals surface area contributed by atoms with Gasteiger partial charge in [-0.2, -0.15) is 0 Å². The minimum Gasteiger partial charge on any atom is -0.345 e. The van der Waals surface area contributed by atoms with E-state index >= 15 is 0 Å². The highest BCUT2D eigenvalue weighted by Crippen LogP contribution is 2.23. The Morgan fingerprint density at radius 2 is 1.52 bits per heavy atom. The van der Waals surface area contributed by atoms with Crippen molar-refractivity contribution < 1.29 is 14.4 Å². The molecule has 6 nitrogen and oxygen atoms in total. The third-order valence-corrected chi connectivity index (χ3v) is 4.64. The SMILES string of the molecule is O=C(CNC(=O)c1ccc(Cl)cc1Cl)NCC(=O)Nc1cccc2ccccc12. The molecule has 0 saturated carbocycles. The molecule has 0 aromatic heterocycles. The average Bonchev–Trinajstić information content (AvgIpc) is 2.71. The van der Waals surface area contributed by atoms with Crippen molar-refractivity contribution in [1.29, 1.82) is 0 Å². The van der Waals surface area contributed by atoms with Crippen molar-refractivity contribution in [3.8, 4) is 0 Å². The molecule has 0 radical (unpaired) electrons. The van der Waals surface area contributed by atoms with Gasteiger partial charge in [-0.1, -0.05) is 59.6 Å². The van der Waals surface area contributed by atoms with Crippen LogP contribution in [-0.2, 0) is 9.59 Å². The number of hydrogen-bond donors (Lipinski definition) is 3. The fraction of sp³-hybridized carbons (Fsp3) is 0.0952. The summed E-state index contributed by atoms with van der Waals surface area (Å²) in [5.41, 5.74) is 0.866. The van der Waals surface area contributed by atoms with Crippen molar-refractivity contribution in [2.24, 2.45) is 0 Å². The maximum Gasteiger partial charge on any atom is 0.253 e. The van der Waals surface area contributed by atoms with Crippen LogP contribution in [0.15, 0.2) is 60.7 Å². The van der Waals surface area contributed by atoms with E-state index in [2.05, 4.69) is 16.0 Å². The van der Waals surface area contributed by atoms with E-state index < -0.39 is 11.8 Å². The highest BCUT2D eigenvalue weighted by Gasteiger charge is 2.13. The molecule has 0 fully saturated rings. The number of amides is 3. The van der Waals surface area contributed by atoms with Crippen molar-refractivity contribution in [2.45, 2.75) is 0 Å². The van der Waals surface area contributed by atoms with Crippen LogP contribution in [0, 0.1) is 0 Å². The van der Waals surface area contributed by atoms with Crippen molar-refractivity contribution in [1.82, 2.24) is 10.6 Å². The van der Waals surface area contributed by atoms with E-state index in [1.165, 1.54) is 18.2 Å². The summed E-state index contributed by atoms with van der Waals surface area (Å²) in [6.45, 7) is -0.515. The number of fused-ring (bicyclic) bond motifs is 1. The normalized spacial score (nSPS) is 10.4. The number of carbonyl (C=O) groups is 3. The van der Waals surface area contributed by atoms with Gasteiger partial charge in [0.05, 0.1) is 23.7 Å². The zero-order valence-corrected chi connectivity index (χ0v) is 16.7. The smallest absolute Gasteiger partial charge is 0.253 e. The predicted molar refractivity (Wildman–Crippen MR) is 114 cm³/mol. The molecule has 0 saturated heterocycles. The highest BCUT2D eigenvalue weighted by atomic mass is 35.5. The van der Waals surface area contributed by atoms with Crippen LogP contribution < -0.4 is 16.0 Å². The number of benzene rings is 3. The lowest BCUT2D eigenvalue weighted by atomic mass is 10.1. The molecule has 3 aromatic carbocycles. The zero-order chi connectivity index (χ0) is 20.8. The molecule has 0 aliphatic heterocycles. The van der Waals surface area contributed by atoms with Gasteiger partial charge < -0.3 is 16.0 Å². The molecule has 0 aliphatic carbocycles. The fourth-order valence-corrected chi connectivity index (χ4v) is 3.19. The molecule has 0 spiro atoms. The van der Waals surface area contributed by atoms with E-state index in [0.29, 0.717) is 10.7 Å². The van der Waals surface area contributed by atoms with Gasteiger partial charge in [-0.3, -0.25) is 14.4 Å². The van der Waals surface area contributed by atoms with Crippen molar-refractivity contribution in [3.63, 3.8) is 0 Å². The Hall–Kier alpha value is -3.09. The second kappa shape index (κ2) is 9.41. The van der Waals surface area contributed by atoms with Crippen LogP contribution >= 0.6 is 23.2 Å². The Labute approximate surface area is 177 Å². The summed E-state index contributed by atoms with van der Waals surface area (Å²) in [6.07, 6.45) is 0. The predicted octanol–water partition coefficient (Wildman–Crippen LogP) is 3.63. The minimum absolute atomic E-state index is 0.185. The lowest BCUT2D eigenvalue weighted by Gasteiger charge is -2.10. The van der Waals surface area contributed by atoms with Crippen LogP contribution in [0.2, 0.25) is 10.0 Å². The number of anilines is 1. The Kier molecular flexibility index (Phi) is 6.69. The number of halogens is 2. The van der Waals surface area contributed by atoms with Gasteiger partial charge in [0.15, 0.2) is 0 Å². The Morgan fingerprint density at radius 3 is 2.31 bits per heavy atom. The summed E-state index contributed by atoms with van der Waals surface area (Å²) in [4.78, 5) is 36.2. The molecule has 3 N–H and O–H groups in total. The standard InChI is InChI=1S/C21H17Cl2N3O3/c22-14-8-9-16(17(23)10-14)21(29)25-11-19(27)24-12-20(28)26-18-7-3-5-13-4-1-2-6-15(13)18/h1-10H,11-12H2,(H,24,27)(H,25,29)(H,26,28). The summed E-state index contributed by atoms with van der Waals surface area (Å²) in [5, 5.41) is 10.2. The van der Waals surface area contributed by atoms with Gasteiger partial charge in [0, 0.05) is 16.1 Å². The number of carbonyl (C=O) groups excluding carboxylic acids is 3. The van der Waals surface area contributed by atoms with Crippen LogP contribution in [0.25, 0.3) is 10.8 Å². The lowest BCUT2D eigenvalue weighted by Crippen LogP contribution is -2.40. The van der Waals surface area contributed by atoms with Crippen LogP contribution in [0.4, 0.5) is 5.69 Å². The number of hydrogen-bond acceptors (Lipinski definition) is 3. The third kappa shape index (κ3) is 5.47. The van der Waals surface area contributed by atoms with Crippen LogP contribution in [-0.4, -0.2) is 30.8 Å². The Bertz CT molecular complexity index is 1080. The van der Waals surface area contributed by atoms with Crippen molar-refractivity contribution in [3.05, 3.63) is 76.3 Å². The lowest BCUT2D eigenvalue weighted by molar-refractivity contribution is -0.123. The van der Waals surface area contributed by atoms with E-state index in [0.717, 1.165) is 10.8 Å². The molecule has 3 amide bonds. The molecule has 3 aromatic rings. The fourth-order valence-electron chi connectivity index (χ4n) is 2.70. The molecule has 0 heterocycles. The summed E-state index contributed by atoms with van der Waals surface area (Å²) in [7, 11) is 0. The Morgan fingerprint density at radius 1 is 0.793 bits per heavy atom. The third-order valence-electron chi connectivity index (χ3n) is 4.10. The molecule has 8 heteroatoms. The van der Waals surface area contributed by atoms with Crippen LogP contribution in [0.3, 0.4) is 0 Å². The first-order chi connectivity index (χ1) is 13.9. The van der Waals surface area contributed by atoms with Gasteiger partial charge in [0.25, 0.3) is 5.91 Å². The topological polar surface area (TPSA) is 87.3 Å². The summed E-state index contributed by atoms with van der Waals surface area (Å²) < 4.78 is 0. The summed E-state index contributed by atoms with van der Waals surface area (Å²) in [5.74, 6) is -1.39. The van der Waals surface area contributed by atoms with Gasteiger partial charge in [-0.15, -0.1) is 0 Å². The maximum atomic E-state index is 12.2. The summed E-state index contributed by atoms with van der Waals surface area (Å²) >= 11 is 11.8. The van der Waals surface area contributed by atoms with E-state index in [-0.39, 0.29) is 29.6 Å². The average molecular weight is 430 g/mol. The second-order valence-corrected chi connectivity index (χ2v) is 7.00. The maximum absolute atomic E-state index is 12.2. The molecule has 3 rings (SSSR count). The second-order valence-electron chi connectivity index (χ2n) is 6.16. The first-order valence-corrected chi connectivity index (χ1v) is 9.47. The molecule has 0 atom stereocenters. The van der Waals surface area contributed by atoms with Crippen molar-refractivity contribution in [2.75, 3.05) is 18.4 Å². The van der Waals surface area contributed by atoms with Crippen molar-refractivity contribution >= 4 is 57.4 Å². The molecule has 0 aliphatic rings. The van der Waals surface area contributed by atoms with Gasteiger partial charge in [-0.05, 0) is 29.7 Å². The number of rotatable bonds is 6. The van der Waals surface area contributed by atoms with E-state index in [1.54, 1.807) is 6.07 Å². The van der Waals surface area contributed by atoms with E-state index in [9.17, 15) is 14.4 Å². The zero-order valence-electron chi connectivity index (χ0n) is 15.2. The van der Waals surface area contributed by atoms with Gasteiger partial charge in [-0.25, -0.2) is 0 Å². The van der Waals surface area contributed by atoms with E-state index in [4.69, 9.17) is 23.2 Å². The molecule has 148 valence electrons. The van der Waals surface area contributed by atoms with Crippen LogP contribution in [0.1, 0.15) is 10.4 Å². The van der Waals surface area contributed by atoms with Crippen LogP contribution in [0.5, 0.6) is 0 Å². The molecular formula is C21H17Cl2N3O3. The van der Waals surface area contributed by atoms with Gasteiger partial charge >= 0.3 is 0 Å². The van der Waals surface area contributed by atoms with Gasteiger partial charge in [0.2, 0.25) is 11.8 Å². The largest absolute Gasteiger partial charge is 0.345 e. The molecular weight excluding hydrogens is 413 g/mol. The first-order valence-electron chi connectivity index (χ1n) is 8.71. The Balaban J connectivity index is 1.49. The molecule has 0 unspecified atom stereocenters. The molecule has 0 bridgehead atoms. The minimum atomic E-state index is -0.512. The quantitative estimate of drug-likeness (QED) is 0.558. The summed E-state index contributed by atoms with van der Waals surface area (Å²) in [6, 6.07) is 17.7. The highest BCUT2D eigenvalue weighted by molar-refractivity contribution is 6.36. The monoisotopic (exact) mass is 429 g/mol. The number of nitrogens with one attached hydrogen (secondary N) is 3.